The monoisotopic (exact) mass is 319 g/mol. The van der Waals surface area contributed by atoms with Gasteiger partial charge in [-0.05, 0) is 31.4 Å². The first kappa shape index (κ1) is 15.1. The molecule has 0 amide bonds. The van der Waals surface area contributed by atoms with Crippen LogP contribution in [0.1, 0.15) is 25.7 Å². The van der Waals surface area contributed by atoms with Crippen molar-refractivity contribution in [3.8, 4) is 0 Å². The van der Waals surface area contributed by atoms with Crippen LogP contribution in [-0.2, 0) is 4.79 Å². The lowest BCUT2D eigenvalue weighted by Crippen LogP contribution is -2.51. The number of carbonyl (C=O) groups is 1. The molecular weight excluding hydrogens is 302 g/mol. The van der Waals surface area contributed by atoms with Crippen LogP contribution < -0.4 is 5.73 Å². The molecule has 0 bridgehead atoms. The van der Waals surface area contributed by atoms with Crippen LogP contribution in [0.3, 0.4) is 0 Å². The first-order valence-corrected chi connectivity index (χ1v) is 9.11. The van der Waals surface area contributed by atoms with E-state index in [0.717, 1.165) is 33.7 Å². The third-order valence-electron chi connectivity index (χ3n) is 3.52. The summed E-state index contributed by atoms with van der Waals surface area (Å²) < 4.78 is 1.90. The molecule has 2 rings (SSSR count). The Hall–Kier alpha value is -0.310. The van der Waals surface area contributed by atoms with E-state index in [9.17, 15) is 9.90 Å². The maximum absolute atomic E-state index is 11.3. The quantitative estimate of drug-likeness (QED) is 0.778. The molecule has 1 aromatic heterocycles. The second-order valence-corrected chi connectivity index (χ2v) is 7.98. The smallest absolute Gasteiger partial charge is 0.323 e. The summed E-state index contributed by atoms with van der Waals surface area (Å²) in [6.07, 6.45) is 5.21. The number of hydrogen-bond acceptors (Lipinski definition) is 7. The maximum atomic E-state index is 11.3. The third kappa shape index (κ3) is 3.42. The highest BCUT2D eigenvalue weighted by atomic mass is 32.2. The molecule has 1 saturated carbocycles. The predicted molar refractivity (Wildman–Crippen MR) is 78.9 cm³/mol. The van der Waals surface area contributed by atoms with Crippen molar-refractivity contribution in [2.45, 2.75) is 39.9 Å². The zero-order chi connectivity index (χ0) is 13.9. The van der Waals surface area contributed by atoms with E-state index in [4.69, 9.17) is 5.73 Å². The molecule has 0 aromatic carbocycles. The van der Waals surface area contributed by atoms with Crippen LogP contribution >= 0.6 is 34.9 Å². The lowest BCUT2D eigenvalue weighted by molar-refractivity contribution is -0.144. The van der Waals surface area contributed by atoms with Crippen LogP contribution in [0.15, 0.2) is 8.68 Å². The van der Waals surface area contributed by atoms with E-state index >= 15 is 0 Å². The molecule has 3 N–H and O–H groups in total. The highest BCUT2D eigenvalue weighted by Crippen LogP contribution is 2.38. The van der Waals surface area contributed by atoms with Crippen molar-refractivity contribution in [1.82, 2.24) is 10.2 Å². The van der Waals surface area contributed by atoms with Crippen molar-refractivity contribution in [2.24, 2.45) is 11.7 Å². The van der Waals surface area contributed by atoms with E-state index < -0.39 is 11.5 Å². The molecule has 2 unspecified atom stereocenters. The van der Waals surface area contributed by atoms with Gasteiger partial charge in [0.25, 0.3) is 0 Å². The number of nitrogens with zero attached hydrogens (tertiary/aromatic N) is 2. The van der Waals surface area contributed by atoms with E-state index in [0.29, 0.717) is 6.42 Å². The fourth-order valence-corrected chi connectivity index (χ4v) is 4.97. The zero-order valence-electron chi connectivity index (χ0n) is 10.7. The van der Waals surface area contributed by atoms with E-state index in [-0.39, 0.29) is 5.92 Å². The first-order valence-electron chi connectivity index (χ1n) is 6.09. The summed E-state index contributed by atoms with van der Waals surface area (Å²) >= 11 is 4.80. The summed E-state index contributed by atoms with van der Waals surface area (Å²) in [5.74, 6) is 0.0610. The zero-order valence-corrected chi connectivity index (χ0v) is 13.1. The molecule has 1 aliphatic rings. The number of carboxylic acids is 1. The van der Waals surface area contributed by atoms with Crippen LogP contribution in [0.5, 0.6) is 0 Å². The standard InChI is InChI=1S/C11H17N3O2S3/c1-17-9-13-14-10(19-9)18-6-4-7-3-2-5-11(7,12)8(15)16/h7H,2-6,12H2,1H3,(H,15,16). The minimum absolute atomic E-state index is 0.0745. The van der Waals surface area contributed by atoms with Gasteiger partial charge >= 0.3 is 5.97 Å². The van der Waals surface area contributed by atoms with Gasteiger partial charge in [0.05, 0.1) is 0 Å². The Kier molecular flexibility index (Phi) is 5.10. The summed E-state index contributed by atoms with van der Waals surface area (Å²) in [4.78, 5) is 11.3. The second kappa shape index (κ2) is 6.43. The lowest BCUT2D eigenvalue weighted by atomic mass is 9.86. The average molecular weight is 319 g/mol. The number of aliphatic carboxylic acids is 1. The molecule has 0 saturated heterocycles. The fraction of sp³-hybridized carbons (Fsp3) is 0.727. The van der Waals surface area contributed by atoms with Gasteiger partial charge in [0, 0.05) is 5.75 Å². The van der Waals surface area contributed by atoms with Gasteiger partial charge in [-0.15, -0.1) is 10.2 Å². The van der Waals surface area contributed by atoms with Crippen LogP contribution in [0, 0.1) is 5.92 Å². The molecule has 0 radical (unpaired) electrons. The number of thioether (sulfide) groups is 2. The van der Waals surface area contributed by atoms with Crippen LogP contribution in [0.2, 0.25) is 0 Å². The molecule has 1 aromatic rings. The molecule has 2 atom stereocenters. The largest absolute Gasteiger partial charge is 0.480 e. The molecule has 106 valence electrons. The number of carboxylic acid groups (broad SMARTS) is 1. The van der Waals surface area contributed by atoms with Crippen molar-refractivity contribution in [1.29, 1.82) is 0 Å². The molecule has 8 heteroatoms. The minimum atomic E-state index is -1.02. The van der Waals surface area contributed by atoms with E-state index in [2.05, 4.69) is 10.2 Å². The van der Waals surface area contributed by atoms with Crippen LogP contribution in [0.4, 0.5) is 0 Å². The Balaban J connectivity index is 1.83. The Morgan fingerprint density at radius 3 is 2.95 bits per heavy atom. The molecular formula is C11H17N3O2S3. The number of rotatable bonds is 6. The van der Waals surface area contributed by atoms with Crippen molar-refractivity contribution < 1.29 is 9.90 Å². The summed E-state index contributed by atoms with van der Waals surface area (Å²) in [6, 6.07) is 0. The third-order valence-corrected chi connectivity index (χ3v) is 6.59. The Morgan fingerprint density at radius 2 is 2.32 bits per heavy atom. The molecule has 1 fully saturated rings. The molecule has 19 heavy (non-hydrogen) atoms. The first-order chi connectivity index (χ1) is 9.06. The van der Waals surface area contributed by atoms with E-state index in [1.54, 1.807) is 34.9 Å². The van der Waals surface area contributed by atoms with Gasteiger partial charge in [0.1, 0.15) is 5.54 Å². The molecule has 1 aliphatic carbocycles. The second-order valence-electron chi connectivity index (χ2n) is 4.61. The minimum Gasteiger partial charge on any atom is -0.480 e. The average Bonchev–Trinajstić information content (AvgIpc) is 2.98. The molecule has 5 nitrogen and oxygen atoms in total. The SMILES string of the molecule is CSc1nnc(SCCC2CCCC2(N)C(=O)O)s1. The Bertz CT molecular complexity index is 454. The highest BCUT2D eigenvalue weighted by molar-refractivity contribution is 8.02. The maximum Gasteiger partial charge on any atom is 0.323 e. The molecule has 0 aliphatic heterocycles. The van der Waals surface area contributed by atoms with Gasteiger partial charge in [0.2, 0.25) is 0 Å². The van der Waals surface area contributed by atoms with Gasteiger partial charge in [0.15, 0.2) is 8.68 Å². The Morgan fingerprint density at radius 1 is 1.58 bits per heavy atom. The fourth-order valence-electron chi connectivity index (χ4n) is 2.41. The van der Waals surface area contributed by atoms with E-state index in [1.165, 1.54) is 0 Å². The van der Waals surface area contributed by atoms with Gasteiger partial charge in [-0.2, -0.15) is 0 Å². The van der Waals surface area contributed by atoms with Gasteiger partial charge < -0.3 is 10.8 Å². The number of nitrogens with two attached hydrogens (primary N) is 1. The molecule has 1 heterocycles. The van der Waals surface area contributed by atoms with E-state index in [1.807, 2.05) is 6.26 Å². The topological polar surface area (TPSA) is 89.1 Å². The number of aromatic nitrogens is 2. The number of hydrogen-bond donors (Lipinski definition) is 2. The summed E-state index contributed by atoms with van der Waals surface area (Å²) in [5, 5.41) is 17.4. The summed E-state index contributed by atoms with van der Waals surface area (Å²) in [5.41, 5.74) is 4.99. The van der Waals surface area contributed by atoms with Gasteiger partial charge in [-0.1, -0.05) is 41.3 Å². The van der Waals surface area contributed by atoms with Crippen molar-refractivity contribution in [3.63, 3.8) is 0 Å². The van der Waals surface area contributed by atoms with Crippen molar-refractivity contribution in [2.75, 3.05) is 12.0 Å². The van der Waals surface area contributed by atoms with Crippen LogP contribution in [0.25, 0.3) is 0 Å². The molecule has 0 spiro atoms. The highest BCUT2D eigenvalue weighted by Gasteiger charge is 2.45. The summed E-state index contributed by atoms with van der Waals surface area (Å²) in [7, 11) is 0. The normalized spacial score (nSPS) is 26.7. The Labute approximate surface area is 124 Å². The predicted octanol–water partition coefficient (Wildman–Crippen LogP) is 2.32. The van der Waals surface area contributed by atoms with Crippen LogP contribution in [-0.4, -0.2) is 38.8 Å². The van der Waals surface area contributed by atoms with Crippen molar-refractivity contribution >= 4 is 40.8 Å². The van der Waals surface area contributed by atoms with Crippen molar-refractivity contribution in [3.05, 3.63) is 0 Å². The van der Waals surface area contributed by atoms with Gasteiger partial charge in [-0.25, -0.2) is 0 Å². The lowest BCUT2D eigenvalue weighted by Gasteiger charge is -2.26. The van der Waals surface area contributed by atoms with Gasteiger partial charge in [-0.3, -0.25) is 4.79 Å². The summed E-state index contributed by atoms with van der Waals surface area (Å²) in [6.45, 7) is 0.